The number of allylic oxidation sites excluding steroid dienone is 6. The lowest BCUT2D eigenvalue weighted by Crippen LogP contribution is -1.95. The van der Waals surface area contributed by atoms with Gasteiger partial charge in [-0.15, -0.1) is 0 Å². The van der Waals surface area contributed by atoms with E-state index in [0.717, 1.165) is 0 Å². The summed E-state index contributed by atoms with van der Waals surface area (Å²) in [5.74, 6) is 0. The maximum atomic E-state index is 3.62. The Morgan fingerprint density at radius 1 is 1.42 bits per heavy atom. The molecule has 0 bridgehead atoms. The number of rotatable bonds is 4. The molecule has 0 aromatic carbocycles. The molecule has 0 aromatic heterocycles. The van der Waals surface area contributed by atoms with Crippen molar-refractivity contribution in [2.45, 2.75) is 13.8 Å². The molecule has 0 saturated heterocycles. The van der Waals surface area contributed by atoms with E-state index in [4.69, 9.17) is 0 Å². The second kappa shape index (κ2) is 6.47. The van der Waals surface area contributed by atoms with Gasteiger partial charge in [0.05, 0.1) is 0 Å². The lowest BCUT2D eigenvalue weighted by Gasteiger charge is -2.00. The van der Waals surface area contributed by atoms with Crippen LogP contribution in [0.15, 0.2) is 48.2 Å². The van der Waals surface area contributed by atoms with Crippen molar-refractivity contribution in [1.82, 2.24) is 5.32 Å². The molecule has 0 rings (SSSR count). The van der Waals surface area contributed by atoms with Crippen molar-refractivity contribution in [3.63, 3.8) is 0 Å². The number of hydrogen-bond acceptors (Lipinski definition) is 1. The Bertz CT molecular complexity index is 219. The third-order valence-corrected chi connectivity index (χ3v) is 1.54. The van der Waals surface area contributed by atoms with Gasteiger partial charge in [-0.1, -0.05) is 30.9 Å². The fourth-order valence-corrected chi connectivity index (χ4v) is 0.927. The van der Waals surface area contributed by atoms with Crippen LogP contribution in [-0.2, 0) is 0 Å². The van der Waals surface area contributed by atoms with Crippen LogP contribution in [0.3, 0.4) is 0 Å². The van der Waals surface area contributed by atoms with Crippen LogP contribution in [0.25, 0.3) is 0 Å². The Hall–Kier alpha value is -1.24. The van der Waals surface area contributed by atoms with Crippen molar-refractivity contribution in [2.24, 2.45) is 0 Å². The van der Waals surface area contributed by atoms with Gasteiger partial charge in [-0.3, -0.25) is 0 Å². The van der Waals surface area contributed by atoms with Gasteiger partial charge in [-0.2, -0.15) is 0 Å². The molecule has 0 amide bonds. The molecule has 0 aliphatic carbocycles. The minimum Gasteiger partial charge on any atom is -0.394 e. The molecule has 1 heteroatoms. The summed E-state index contributed by atoms with van der Waals surface area (Å²) in [5.41, 5.74) is 2.43. The molecular formula is C11H17N. The van der Waals surface area contributed by atoms with Gasteiger partial charge in [-0.05, 0) is 31.2 Å². The van der Waals surface area contributed by atoms with E-state index in [1.165, 1.54) is 11.1 Å². The predicted molar refractivity (Wildman–Crippen MR) is 55.9 cm³/mol. The van der Waals surface area contributed by atoms with Gasteiger partial charge in [0.15, 0.2) is 0 Å². The van der Waals surface area contributed by atoms with Crippen molar-refractivity contribution in [1.29, 1.82) is 0 Å². The summed E-state index contributed by atoms with van der Waals surface area (Å²) >= 11 is 0. The monoisotopic (exact) mass is 163 g/mol. The molecule has 12 heavy (non-hydrogen) atoms. The molecular weight excluding hydrogens is 146 g/mol. The summed E-state index contributed by atoms with van der Waals surface area (Å²) in [5, 5.41) is 3.00. The van der Waals surface area contributed by atoms with Crippen molar-refractivity contribution in [2.75, 3.05) is 7.05 Å². The SMILES string of the molecule is C=C\C=C/C(=C\C)C(/C)=C\NC. The second-order valence-electron chi connectivity index (χ2n) is 2.45. The number of nitrogens with one attached hydrogen (secondary N) is 1. The van der Waals surface area contributed by atoms with Crippen LogP contribution in [0, 0.1) is 0 Å². The van der Waals surface area contributed by atoms with Crippen LogP contribution in [-0.4, -0.2) is 7.05 Å². The largest absolute Gasteiger partial charge is 0.394 e. The highest BCUT2D eigenvalue weighted by Crippen LogP contribution is 2.09. The third kappa shape index (κ3) is 3.81. The van der Waals surface area contributed by atoms with Crippen molar-refractivity contribution >= 4 is 0 Å². The van der Waals surface area contributed by atoms with E-state index in [-0.39, 0.29) is 0 Å². The first-order chi connectivity index (χ1) is 5.76. The maximum Gasteiger partial charge on any atom is 0.00278 e. The zero-order valence-electron chi connectivity index (χ0n) is 8.09. The zero-order valence-corrected chi connectivity index (χ0v) is 8.09. The molecule has 66 valence electrons. The molecule has 0 heterocycles. The Balaban J connectivity index is 4.47. The van der Waals surface area contributed by atoms with Crippen LogP contribution in [0.4, 0.5) is 0 Å². The fourth-order valence-electron chi connectivity index (χ4n) is 0.927. The highest BCUT2D eigenvalue weighted by molar-refractivity contribution is 5.38. The molecule has 1 N–H and O–H groups in total. The van der Waals surface area contributed by atoms with E-state index in [9.17, 15) is 0 Å². The molecule has 0 aliphatic rings. The topological polar surface area (TPSA) is 12.0 Å². The second-order valence-corrected chi connectivity index (χ2v) is 2.45. The standard InChI is InChI=1S/C11H17N/c1-5-7-8-11(6-2)10(3)9-12-4/h5-9,12H,1H2,2-4H3/b8-7-,10-9-,11-6+. The van der Waals surface area contributed by atoms with Gasteiger partial charge in [-0.25, -0.2) is 0 Å². The van der Waals surface area contributed by atoms with E-state index in [0.29, 0.717) is 0 Å². The van der Waals surface area contributed by atoms with Crippen molar-refractivity contribution in [3.05, 3.63) is 48.2 Å². The van der Waals surface area contributed by atoms with Crippen LogP contribution in [0.2, 0.25) is 0 Å². The Kier molecular flexibility index (Phi) is 5.80. The first-order valence-electron chi connectivity index (χ1n) is 4.06. The predicted octanol–water partition coefficient (Wildman–Crippen LogP) is 2.80. The van der Waals surface area contributed by atoms with Gasteiger partial charge in [0, 0.05) is 7.05 Å². The summed E-state index contributed by atoms with van der Waals surface area (Å²) in [4.78, 5) is 0. The van der Waals surface area contributed by atoms with E-state index in [1.807, 2.05) is 32.3 Å². The first-order valence-corrected chi connectivity index (χ1v) is 4.06. The molecule has 0 radical (unpaired) electrons. The molecule has 0 aliphatic heterocycles. The molecule has 0 fully saturated rings. The average molecular weight is 163 g/mol. The Morgan fingerprint density at radius 3 is 2.50 bits per heavy atom. The Labute approximate surface area is 75.2 Å². The van der Waals surface area contributed by atoms with Gasteiger partial charge in [0.2, 0.25) is 0 Å². The molecule has 1 nitrogen and oxygen atoms in total. The smallest absolute Gasteiger partial charge is 0.00278 e. The summed E-state index contributed by atoms with van der Waals surface area (Å²) in [7, 11) is 1.90. The molecule has 0 saturated carbocycles. The third-order valence-electron chi connectivity index (χ3n) is 1.54. The minimum atomic E-state index is 1.21. The van der Waals surface area contributed by atoms with Crippen LogP contribution < -0.4 is 5.32 Å². The van der Waals surface area contributed by atoms with Gasteiger partial charge in [0.1, 0.15) is 0 Å². The van der Waals surface area contributed by atoms with Gasteiger partial charge >= 0.3 is 0 Å². The van der Waals surface area contributed by atoms with E-state index in [2.05, 4.69) is 24.9 Å². The highest BCUT2D eigenvalue weighted by Gasteiger charge is 1.91. The highest BCUT2D eigenvalue weighted by atomic mass is 14.8. The van der Waals surface area contributed by atoms with Crippen LogP contribution in [0.5, 0.6) is 0 Å². The number of hydrogen-bond donors (Lipinski definition) is 1. The lowest BCUT2D eigenvalue weighted by molar-refractivity contribution is 1.08. The zero-order chi connectivity index (χ0) is 9.40. The van der Waals surface area contributed by atoms with Crippen molar-refractivity contribution in [3.8, 4) is 0 Å². The minimum absolute atomic E-state index is 1.21. The average Bonchev–Trinajstić information content (AvgIpc) is 2.06. The van der Waals surface area contributed by atoms with E-state index in [1.54, 1.807) is 6.08 Å². The lowest BCUT2D eigenvalue weighted by atomic mass is 10.1. The molecule has 0 unspecified atom stereocenters. The molecule has 0 aromatic rings. The summed E-state index contributed by atoms with van der Waals surface area (Å²) in [6, 6.07) is 0. The van der Waals surface area contributed by atoms with Crippen LogP contribution in [0.1, 0.15) is 13.8 Å². The summed E-state index contributed by atoms with van der Waals surface area (Å²) in [6.45, 7) is 7.72. The van der Waals surface area contributed by atoms with Crippen molar-refractivity contribution < 1.29 is 0 Å². The summed E-state index contributed by atoms with van der Waals surface area (Å²) in [6.07, 6.45) is 9.79. The normalized spacial score (nSPS) is 13.6. The quantitative estimate of drug-likeness (QED) is 0.628. The maximum absolute atomic E-state index is 3.62. The summed E-state index contributed by atoms with van der Waals surface area (Å²) < 4.78 is 0. The fraction of sp³-hybridized carbons (Fsp3) is 0.273. The van der Waals surface area contributed by atoms with E-state index < -0.39 is 0 Å². The van der Waals surface area contributed by atoms with E-state index >= 15 is 0 Å². The first kappa shape index (κ1) is 10.8. The molecule has 0 atom stereocenters. The Morgan fingerprint density at radius 2 is 2.08 bits per heavy atom. The van der Waals surface area contributed by atoms with Gasteiger partial charge < -0.3 is 5.32 Å². The van der Waals surface area contributed by atoms with Gasteiger partial charge in [0.25, 0.3) is 0 Å². The molecule has 0 spiro atoms. The van der Waals surface area contributed by atoms with Crippen LogP contribution >= 0.6 is 0 Å².